The standard InChI is InChI=1S/C32H33FN6O6S/c1-19(2)45-32(41)39-29(21-5-10-23(33)11-6-21)30(40)36-24-12-7-20(8-13-24)22-9-16-28(35-18-22)38-31(34)37-26-15-14-25(46(4,42)43)17-27(26)44-3/h5-19,29H,1-4H3,(H,36,40)(H,39,41)(H3,34,35,37,38). The summed E-state index contributed by atoms with van der Waals surface area (Å²) < 4.78 is 47.5. The number of nitrogens with two attached hydrogens (primary N) is 1. The van der Waals surface area contributed by atoms with Crippen molar-refractivity contribution in [1.82, 2.24) is 10.3 Å². The van der Waals surface area contributed by atoms with E-state index < -0.39 is 39.8 Å². The number of halogens is 1. The second kappa shape index (κ2) is 14.5. The van der Waals surface area contributed by atoms with E-state index in [1.54, 1.807) is 56.4 Å². The molecule has 0 aliphatic carbocycles. The zero-order chi connectivity index (χ0) is 33.4. The van der Waals surface area contributed by atoms with Gasteiger partial charge in [-0.05, 0) is 73.5 Å². The van der Waals surface area contributed by atoms with Crippen LogP contribution in [0.25, 0.3) is 11.1 Å². The number of benzene rings is 3. The van der Waals surface area contributed by atoms with Gasteiger partial charge < -0.3 is 31.2 Å². The Morgan fingerprint density at radius 2 is 1.61 bits per heavy atom. The number of ether oxygens (including phenoxy) is 2. The van der Waals surface area contributed by atoms with E-state index in [2.05, 4.69) is 25.9 Å². The van der Waals surface area contributed by atoms with Crippen LogP contribution in [0.5, 0.6) is 5.75 Å². The van der Waals surface area contributed by atoms with Gasteiger partial charge in [-0.15, -0.1) is 0 Å². The van der Waals surface area contributed by atoms with Crippen molar-refractivity contribution in [3.05, 3.63) is 96.4 Å². The van der Waals surface area contributed by atoms with Crippen molar-refractivity contribution in [2.75, 3.05) is 24.0 Å². The van der Waals surface area contributed by atoms with E-state index in [4.69, 9.17) is 15.2 Å². The molecule has 1 unspecified atom stereocenters. The molecule has 5 N–H and O–H groups in total. The Labute approximate surface area is 265 Å². The number of amides is 2. The van der Waals surface area contributed by atoms with Crippen LogP contribution in [0.4, 0.5) is 26.4 Å². The van der Waals surface area contributed by atoms with Gasteiger partial charge in [0.15, 0.2) is 21.6 Å². The number of alkyl carbamates (subject to hydrolysis) is 1. The van der Waals surface area contributed by atoms with Gasteiger partial charge >= 0.3 is 6.09 Å². The predicted octanol–water partition coefficient (Wildman–Crippen LogP) is 5.17. The number of carbonyl (C=O) groups is 2. The third-order valence-corrected chi connectivity index (χ3v) is 7.51. The number of carbonyl (C=O) groups excluding carboxylic acids is 2. The predicted molar refractivity (Wildman–Crippen MR) is 173 cm³/mol. The van der Waals surface area contributed by atoms with Gasteiger partial charge in [0.1, 0.15) is 17.6 Å². The maximum absolute atomic E-state index is 13.5. The lowest BCUT2D eigenvalue weighted by molar-refractivity contribution is -0.118. The summed E-state index contributed by atoms with van der Waals surface area (Å²) >= 11 is 0. The molecule has 0 aliphatic rings. The normalized spacial score (nSPS) is 12.3. The van der Waals surface area contributed by atoms with E-state index in [1.807, 2.05) is 0 Å². The van der Waals surface area contributed by atoms with Gasteiger partial charge in [0, 0.05) is 29.8 Å². The zero-order valence-corrected chi connectivity index (χ0v) is 26.3. The maximum Gasteiger partial charge on any atom is 0.408 e. The van der Waals surface area contributed by atoms with Crippen LogP contribution in [0.1, 0.15) is 25.5 Å². The highest BCUT2D eigenvalue weighted by molar-refractivity contribution is 7.90. The highest BCUT2D eigenvalue weighted by atomic mass is 32.2. The number of hydrogen-bond donors (Lipinski definition) is 4. The zero-order valence-electron chi connectivity index (χ0n) is 25.4. The summed E-state index contributed by atoms with van der Waals surface area (Å²) in [5, 5.41) is 8.18. The molecule has 4 aromatic rings. The maximum atomic E-state index is 13.5. The molecule has 0 saturated heterocycles. The Balaban J connectivity index is 1.43. The molecule has 0 radical (unpaired) electrons. The number of methoxy groups -OCH3 is 1. The van der Waals surface area contributed by atoms with Gasteiger partial charge in [0.2, 0.25) is 0 Å². The molecule has 3 aromatic carbocycles. The first-order valence-electron chi connectivity index (χ1n) is 13.9. The quantitative estimate of drug-likeness (QED) is 0.134. The lowest BCUT2D eigenvalue weighted by Gasteiger charge is -2.20. The summed E-state index contributed by atoms with van der Waals surface area (Å²) in [4.78, 5) is 34.1. The molecule has 0 aliphatic heterocycles. The molecule has 1 aromatic heterocycles. The second-order valence-electron chi connectivity index (χ2n) is 10.3. The molecule has 14 heteroatoms. The lowest BCUT2D eigenvalue weighted by Crippen LogP contribution is -2.38. The molecule has 12 nitrogen and oxygen atoms in total. The summed E-state index contributed by atoms with van der Waals surface area (Å²) in [6.45, 7) is 3.36. The molecular formula is C32H33FN6O6S. The molecule has 1 heterocycles. The summed E-state index contributed by atoms with van der Waals surface area (Å²) in [6, 6.07) is 18.9. The van der Waals surface area contributed by atoms with E-state index in [9.17, 15) is 22.4 Å². The van der Waals surface area contributed by atoms with Crippen LogP contribution in [0, 0.1) is 5.82 Å². The van der Waals surface area contributed by atoms with Crippen molar-refractivity contribution < 1.29 is 31.9 Å². The molecule has 0 spiro atoms. The molecular weight excluding hydrogens is 615 g/mol. The van der Waals surface area contributed by atoms with Crippen LogP contribution >= 0.6 is 0 Å². The number of nitrogens with one attached hydrogen (secondary N) is 3. The van der Waals surface area contributed by atoms with Crippen LogP contribution in [-0.2, 0) is 19.4 Å². The van der Waals surface area contributed by atoms with E-state index in [-0.39, 0.29) is 16.6 Å². The first kappa shape index (κ1) is 33.4. The van der Waals surface area contributed by atoms with Crippen LogP contribution in [0.15, 0.2) is 94.9 Å². The van der Waals surface area contributed by atoms with Crippen molar-refractivity contribution in [3.8, 4) is 16.9 Å². The third-order valence-electron chi connectivity index (χ3n) is 6.40. The molecule has 0 fully saturated rings. The molecule has 4 rings (SSSR count). The van der Waals surface area contributed by atoms with Crippen LogP contribution in [-0.4, -0.2) is 50.8 Å². The minimum Gasteiger partial charge on any atom is -0.495 e. The van der Waals surface area contributed by atoms with Crippen LogP contribution < -0.4 is 26.4 Å². The van der Waals surface area contributed by atoms with E-state index in [1.165, 1.54) is 49.6 Å². The van der Waals surface area contributed by atoms with Crippen molar-refractivity contribution in [3.63, 3.8) is 0 Å². The smallest absolute Gasteiger partial charge is 0.408 e. The number of rotatable bonds is 10. The molecule has 2 amide bonds. The molecule has 46 heavy (non-hydrogen) atoms. The van der Waals surface area contributed by atoms with Crippen molar-refractivity contribution >= 4 is 45.0 Å². The second-order valence-corrected chi connectivity index (χ2v) is 12.3. The first-order valence-corrected chi connectivity index (χ1v) is 15.8. The number of aromatic nitrogens is 1. The Morgan fingerprint density at radius 1 is 0.935 bits per heavy atom. The highest BCUT2D eigenvalue weighted by Gasteiger charge is 2.24. The Morgan fingerprint density at radius 3 is 2.20 bits per heavy atom. The van der Waals surface area contributed by atoms with Crippen LogP contribution in [0.3, 0.4) is 0 Å². The van der Waals surface area contributed by atoms with Crippen molar-refractivity contribution in [2.24, 2.45) is 10.7 Å². The number of nitrogens with zero attached hydrogens (tertiary/aromatic N) is 2. The number of guanidine groups is 1. The fourth-order valence-electron chi connectivity index (χ4n) is 4.20. The summed E-state index contributed by atoms with van der Waals surface area (Å²) in [7, 11) is -2.00. The summed E-state index contributed by atoms with van der Waals surface area (Å²) in [5.41, 5.74) is 8.89. The monoisotopic (exact) mass is 648 g/mol. The van der Waals surface area contributed by atoms with Gasteiger partial charge in [0.05, 0.1) is 23.8 Å². The van der Waals surface area contributed by atoms with E-state index >= 15 is 0 Å². The summed E-state index contributed by atoms with van der Waals surface area (Å²) in [5.74, 6) is -0.410. The molecule has 240 valence electrons. The average molecular weight is 649 g/mol. The van der Waals surface area contributed by atoms with Gasteiger partial charge in [-0.1, -0.05) is 24.3 Å². The van der Waals surface area contributed by atoms with Crippen molar-refractivity contribution in [1.29, 1.82) is 0 Å². The fraction of sp³-hybridized carbons (Fsp3) is 0.188. The highest BCUT2D eigenvalue weighted by Crippen LogP contribution is 2.28. The minimum atomic E-state index is -3.41. The third kappa shape index (κ3) is 9.01. The van der Waals surface area contributed by atoms with Gasteiger partial charge in [-0.25, -0.2) is 22.6 Å². The number of anilines is 2. The Bertz CT molecular complexity index is 1830. The number of hydrogen-bond acceptors (Lipinski definition) is 8. The molecule has 1 atom stereocenters. The average Bonchev–Trinajstić information content (AvgIpc) is 3.00. The van der Waals surface area contributed by atoms with Crippen LogP contribution in [0.2, 0.25) is 0 Å². The van der Waals surface area contributed by atoms with E-state index in [0.717, 1.165) is 17.4 Å². The number of sulfone groups is 1. The largest absolute Gasteiger partial charge is 0.495 e. The van der Waals surface area contributed by atoms with Gasteiger partial charge in [0.25, 0.3) is 5.91 Å². The van der Waals surface area contributed by atoms with Crippen molar-refractivity contribution in [2.45, 2.75) is 30.9 Å². The SMILES string of the molecule is COc1cc(S(C)(=O)=O)ccc1NC(N)=Nc1ccc(-c2ccc(NC(=O)C(NC(=O)OC(C)C)c3ccc(F)cc3)cc2)cn1. The molecule has 0 saturated carbocycles. The first-order chi connectivity index (χ1) is 21.8. The molecule has 0 bridgehead atoms. The van der Waals surface area contributed by atoms with E-state index in [0.29, 0.717) is 22.8 Å². The summed E-state index contributed by atoms with van der Waals surface area (Å²) in [6.07, 6.45) is 1.53. The van der Waals surface area contributed by atoms with Gasteiger partial charge in [-0.3, -0.25) is 4.79 Å². The topological polar surface area (TPSA) is 174 Å². The Hall–Kier alpha value is -5.50. The minimum absolute atomic E-state index is 0.0108. The Kier molecular flexibility index (Phi) is 10.5. The number of pyridine rings is 1. The number of aliphatic imine (C=N–C) groups is 1. The fourth-order valence-corrected chi connectivity index (χ4v) is 4.84. The lowest BCUT2D eigenvalue weighted by atomic mass is 10.1. The van der Waals surface area contributed by atoms with Gasteiger partial charge in [-0.2, -0.15) is 4.99 Å².